The molecule has 2 heterocycles. The first-order chi connectivity index (χ1) is 10.1. The van der Waals surface area contributed by atoms with Crippen LogP contribution in [0.25, 0.3) is 16.9 Å². The third-order valence-electron chi connectivity index (χ3n) is 3.62. The Bertz CT molecular complexity index is 752. The summed E-state index contributed by atoms with van der Waals surface area (Å²) in [7, 11) is 0. The number of hydrogen-bond donors (Lipinski definition) is 2. The third kappa shape index (κ3) is 2.20. The van der Waals surface area contributed by atoms with Crippen LogP contribution >= 0.6 is 0 Å². The molecule has 5 nitrogen and oxygen atoms in total. The van der Waals surface area contributed by atoms with Crippen LogP contribution in [-0.4, -0.2) is 20.0 Å². The predicted molar refractivity (Wildman–Crippen MR) is 84.4 cm³/mol. The lowest BCUT2D eigenvalue weighted by molar-refractivity contribution is 0.867. The van der Waals surface area contributed by atoms with E-state index in [2.05, 4.69) is 24.0 Å². The van der Waals surface area contributed by atoms with Gasteiger partial charge in [-0.15, -0.1) is 0 Å². The van der Waals surface area contributed by atoms with Crippen LogP contribution in [0, 0.1) is 6.92 Å². The van der Waals surface area contributed by atoms with E-state index in [-0.39, 0.29) is 5.92 Å². The summed E-state index contributed by atoms with van der Waals surface area (Å²) in [4.78, 5) is 0. The average Bonchev–Trinajstić information content (AvgIpc) is 3.03. The summed E-state index contributed by atoms with van der Waals surface area (Å²) in [5.74, 6) is 0.971. The van der Waals surface area contributed by atoms with Crippen molar-refractivity contribution in [2.24, 2.45) is 0 Å². The zero-order valence-corrected chi connectivity index (χ0v) is 12.5. The van der Waals surface area contributed by atoms with Gasteiger partial charge in [0, 0.05) is 16.8 Å². The van der Waals surface area contributed by atoms with Crippen molar-refractivity contribution in [2.45, 2.75) is 26.7 Å². The maximum atomic E-state index is 6.36. The van der Waals surface area contributed by atoms with Crippen LogP contribution in [0.3, 0.4) is 0 Å². The smallest absolute Gasteiger partial charge is 0.131 e. The molecule has 0 bridgehead atoms. The Morgan fingerprint density at radius 1 is 1.19 bits per heavy atom. The maximum absolute atomic E-state index is 6.36. The third-order valence-corrected chi connectivity index (χ3v) is 3.62. The van der Waals surface area contributed by atoms with Gasteiger partial charge in [-0.3, -0.25) is 5.10 Å². The molecule has 0 fully saturated rings. The van der Waals surface area contributed by atoms with Crippen molar-refractivity contribution in [3.05, 3.63) is 47.8 Å². The van der Waals surface area contributed by atoms with E-state index in [0.717, 1.165) is 28.2 Å². The molecular weight excluding hydrogens is 262 g/mol. The molecule has 0 unspecified atom stereocenters. The molecule has 0 saturated heterocycles. The number of anilines is 1. The monoisotopic (exact) mass is 281 g/mol. The first-order valence-corrected chi connectivity index (χ1v) is 7.03. The zero-order chi connectivity index (χ0) is 15.0. The lowest BCUT2D eigenvalue weighted by atomic mass is 9.99. The van der Waals surface area contributed by atoms with Gasteiger partial charge in [-0.2, -0.15) is 10.2 Å². The van der Waals surface area contributed by atoms with E-state index in [1.165, 1.54) is 0 Å². The number of nitrogens with one attached hydrogen (secondary N) is 1. The predicted octanol–water partition coefficient (Wildman–Crippen LogP) is 3.28. The lowest BCUT2D eigenvalue weighted by Gasteiger charge is -2.07. The topological polar surface area (TPSA) is 72.5 Å². The Kier molecular flexibility index (Phi) is 3.25. The largest absolute Gasteiger partial charge is 0.383 e. The number of nitrogens with zero attached hydrogens (tertiary/aromatic N) is 3. The van der Waals surface area contributed by atoms with E-state index < -0.39 is 0 Å². The first-order valence-electron chi connectivity index (χ1n) is 7.03. The molecule has 0 radical (unpaired) electrons. The van der Waals surface area contributed by atoms with E-state index in [9.17, 15) is 0 Å². The van der Waals surface area contributed by atoms with Gasteiger partial charge in [0.15, 0.2) is 0 Å². The Balaban J connectivity index is 2.24. The Hall–Kier alpha value is -2.56. The molecule has 2 aromatic heterocycles. The van der Waals surface area contributed by atoms with Crippen molar-refractivity contribution in [3.63, 3.8) is 0 Å². The summed E-state index contributed by atoms with van der Waals surface area (Å²) in [5, 5.41) is 11.8. The zero-order valence-electron chi connectivity index (χ0n) is 12.5. The fourth-order valence-electron chi connectivity index (χ4n) is 2.57. The molecule has 0 aliphatic heterocycles. The minimum absolute atomic E-state index is 0.284. The summed E-state index contributed by atoms with van der Waals surface area (Å²) in [6.45, 7) is 6.24. The summed E-state index contributed by atoms with van der Waals surface area (Å²) in [5.41, 5.74) is 11.3. The molecule has 21 heavy (non-hydrogen) atoms. The van der Waals surface area contributed by atoms with Crippen LogP contribution < -0.4 is 5.73 Å². The minimum atomic E-state index is 0.284. The molecule has 0 atom stereocenters. The number of nitrogens with two attached hydrogens (primary N) is 1. The van der Waals surface area contributed by atoms with Crippen LogP contribution in [0.2, 0.25) is 0 Å². The first kappa shape index (κ1) is 13.4. The molecule has 0 aliphatic rings. The summed E-state index contributed by atoms with van der Waals surface area (Å²) < 4.78 is 1.80. The number of nitrogen functional groups attached to an aromatic ring is 1. The van der Waals surface area contributed by atoms with Crippen LogP contribution in [0.4, 0.5) is 5.82 Å². The van der Waals surface area contributed by atoms with Gasteiger partial charge in [0.1, 0.15) is 11.5 Å². The number of aryl methyl sites for hydroxylation is 1. The van der Waals surface area contributed by atoms with Crippen molar-refractivity contribution >= 4 is 5.82 Å². The fraction of sp³-hybridized carbons (Fsp3) is 0.250. The standard InChI is InChI=1S/C16H19N5/c1-10(2)14-15(13-9-18-19-11(13)3)20-21(16(14)17)12-7-5-4-6-8-12/h4-10H,17H2,1-3H3,(H,18,19). The Morgan fingerprint density at radius 2 is 1.90 bits per heavy atom. The normalized spacial score (nSPS) is 11.2. The van der Waals surface area contributed by atoms with Gasteiger partial charge in [0.2, 0.25) is 0 Å². The number of para-hydroxylation sites is 1. The molecule has 1 aromatic carbocycles. The summed E-state index contributed by atoms with van der Waals surface area (Å²) in [6.07, 6.45) is 1.80. The van der Waals surface area contributed by atoms with Crippen molar-refractivity contribution in [2.75, 3.05) is 5.73 Å². The van der Waals surface area contributed by atoms with Crippen LogP contribution in [-0.2, 0) is 0 Å². The Morgan fingerprint density at radius 3 is 2.48 bits per heavy atom. The number of benzene rings is 1. The highest BCUT2D eigenvalue weighted by molar-refractivity contribution is 5.71. The van der Waals surface area contributed by atoms with Gasteiger partial charge in [-0.25, -0.2) is 4.68 Å². The van der Waals surface area contributed by atoms with Gasteiger partial charge in [0.25, 0.3) is 0 Å². The van der Waals surface area contributed by atoms with Crippen LogP contribution in [0.1, 0.15) is 31.0 Å². The molecular formula is C16H19N5. The molecule has 0 amide bonds. The lowest BCUT2D eigenvalue weighted by Crippen LogP contribution is -2.03. The van der Waals surface area contributed by atoms with E-state index in [4.69, 9.17) is 10.8 Å². The Labute approximate surface area is 123 Å². The van der Waals surface area contributed by atoms with Gasteiger partial charge in [0.05, 0.1) is 11.9 Å². The van der Waals surface area contributed by atoms with E-state index in [0.29, 0.717) is 5.82 Å². The van der Waals surface area contributed by atoms with Crippen molar-refractivity contribution in [1.82, 2.24) is 20.0 Å². The highest BCUT2D eigenvalue weighted by Gasteiger charge is 2.22. The van der Waals surface area contributed by atoms with Gasteiger partial charge in [-0.05, 0) is 25.0 Å². The average molecular weight is 281 g/mol. The fourth-order valence-corrected chi connectivity index (χ4v) is 2.57. The highest BCUT2D eigenvalue weighted by atomic mass is 15.3. The molecule has 108 valence electrons. The highest BCUT2D eigenvalue weighted by Crippen LogP contribution is 2.35. The molecule has 0 aliphatic carbocycles. The van der Waals surface area contributed by atoms with E-state index >= 15 is 0 Å². The van der Waals surface area contributed by atoms with Crippen LogP contribution in [0.15, 0.2) is 36.5 Å². The molecule has 0 spiro atoms. The van der Waals surface area contributed by atoms with Crippen molar-refractivity contribution in [1.29, 1.82) is 0 Å². The molecule has 0 saturated carbocycles. The van der Waals surface area contributed by atoms with Crippen LogP contribution in [0.5, 0.6) is 0 Å². The molecule has 3 aromatic rings. The van der Waals surface area contributed by atoms with E-state index in [1.54, 1.807) is 10.9 Å². The van der Waals surface area contributed by atoms with Gasteiger partial charge in [-0.1, -0.05) is 32.0 Å². The minimum Gasteiger partial charge on any atom is -0.383 e. The molecule has 5 heteroatoms. The SMILES string of the molecule is Cc1[nH]ncc1-c1nn(-c2ccccc2)c(N)c1C(C)C. The van der Waals surface area contributed by atoms with Gasteiger partial charge < -0.3 is 5.73 Å². The van der Waals surface area contributed by atoms with Crippen molar-refractivity contribution in [3.8, 4) is 16.9 Å². The number of aromatic nitrogens is 4. The summed E-state index contributed by atoms with van der Waals surface area (Å²) >= 11 is 0. The second-order valence-corrected chi connectivity index (χ2v) is 5.46. The number of hydrogen-bond acceptors (Lipinski definition) is 3. The molecule has 3 N–H and O–H groups in total. The number of rotatable bonds is 3. The second-order valence-electron chi connectivity index (χ2n) is 5.46. The number of aromatic amines is 1. The quantitative estimate of drug-likeness (QED) is 0.773. The second kappa shape index (κ2) is 5.09. The van der Waals surface area contributed by atoms with Crippen molar-refractivity contribution < 1.29 is 0 Å². The maximum Gasteiger partial charge on any atom is 0.131 e. The van der Waals surface area contributed by atoms with Gasteiger partial charge >= 0.3 is 0 Å². The summed E-state index contributed by atoms with van der Waals surface area (Å²) in [6, 6.07) is 9.94. The van der Waals surface area contributed by atoms with E-state index in [1.807, 2.05) is 37.3 Å². The molecule has 3 rings (SSSR count). The number of H-pyrrole nitrogens is 1.